The number of aliphatic carboxylic acids is 1. The summed E-state index contributed by atoms with van der Waals surface area (Å²) >= 11 is 0. The summed E-state index contributed by atoms with van der Waals surface area (Å²) in [4.78, 5) is 17.7. The number of carbonyl (C=O) groups is 1. The molecule has 4 aromatic rings. The molecule has 0 bridgehead atoms. The smallest absolute Gasteiger partial charge is 0.309 e. The molecule has 1 fully saturated rings. The van der Waals surface area contributed by atoms with E-state index in [9.17, 15) is 4.79 Å². The second kappa shape index (κ2) is 6.86. The van der Waals surface area contributed by atoms with Crippen LogP contribution in [0.5, 0.6) is 0 Å². The van der Waals surface area contributed by atoms with Crippen molar-refractivity contribution in [3.8, 4) is 23.0 Å². The number of furan rings is 1. The van der Waals surface area contributed by atoms with E-state index in [1.54, 1.807) is 6.26 Å². The Bertz CT molecular complexity index is 1200. The van der Waals surface area contributed by atoms with Gasteiger partial charge in [-0.2, -0.15) is 4.98 Å². The number of likely N-dealkylation sites (tertiary alicyclic amines) is 1. The van der Waals surface area contributed by atoms with Gasteiger partial charge < -0.3 is 14.0 Å². The quantitative estimate of drug-likeness (QED) is 0.552. The number of carboxylic acids is 1. The fourth-order valence-electron chi connectivity index (χ4n) is 3.77. The van der Waals surface area contributed by atoms with Gasteiger partial charge in [0.2, 0.25) is 5.82 Å². The number of hydrogen-bond acceptors (Lipinski definition) is 6. The molecule has 29 heavy (non-hydrogen) atoms. The van der Waals surface area contributed by atoms with Crippen molar-refractivity contribution in [1.29, 1.82) is 0 Å². The van der Waals surface area contributed by atoms with E-state index < -0.39 is 5.97 Å². The summed E-state index contributed by atoms with van der Waals surface area (Å²) < 4.78 is 10.9. The molecule has 0 radical (unpaired) electrons. The van der Waals surface area contributed by atoms with Gasteiger partial charge in [-0.15, -0.1) is 0 Å². The Morgan fingerprint density at radius 1 is 1.21 bits per heavy atom. The zero-order chi connectivity index (χ0) is 20.0. The average molecular weight is 389 g/mol. The zero-order valence-corrected chi connectivity index (χ0v) is 15.8. The highest BCUT2D eigenvalue weighted by molar-refractivity contribution is 5.97. The van der Waals surface area contributed by atoms with Gasteiger partial charge in [-0.25, -0.2) is 0 Å². The van der Waals surface area contributed by atoms with Crippen molar-refractivity contribution in [2.45, 2.75) is 13.5 Å². The second-order valence-corrected chi connectivity index (χ2v) is 7.46. The van der Waals surface area contributed by atoms with Crippen LogP contribution in [0, 0.1) is 12.8 Å². The van der Waals surface area contributed by atoms with Crippen LogP contribution in [0.1, 0.15) is 11.1 Å². The number of fused-ring (bicyclic) bond motifs is 1. The molecule has 1 aliphatic heterocycles. The molecular formula is C22H19N3O4. The maximum absolute atomic E-state index is 11.0. The number of rotatable bonds is 5. The summed E-state index contributed by atoms with van der Waals surface area (Å²) in [6.07, 6.45) is 1.65. The highest BCUT2D eigenvalue weighted by Crippen LogP contribution is 2.32. The molecule has 2 aromatic heterocycles. The third-order valence-electron chi connectivity index (χ3n) is 5.32. The summed E-state index contributed by atoms with van der Waals surface area (Å²) in [5, 5.41) is 15.4. The minimum Gasteiger partial charge on any atom is -0.481 e. The van der Waals surface area contributed by atoms with Crippen molar-refractivity contribution >= 4 is 16.7 Å². The van der Waals surface area contributed by atoms with Crippen molar-refractivity contribution in [3.05, 3.63) is 59.9 Å². The van der Waals surface area contributed by atoms with Crippen molar-refractivity contribution in [2.75, 3.05) is 13.1 Å². The average Bonchev–Trinajstić information content (AvgIpc) is 3.33. The molecule has 2 aromatic carbocycles. The topological polar surface area (TPSA) is 92.6 Å². The number of nitrogens with zero attached hydrogens (tertiary/aromatic N) is 3. The van der Waals surface area contributed by atoms with Crippen molar-refractivity contribution < 1.29 is 18.8 Å². The Morgan fingerprint density at radius 2 is 2.00 bits per heavy atom. The first kappa shape index (κ1) is 17.6. The SMILES string of the molecule is Cc1coc(-c2nc(-c3ccc(CN4CC(C(=O)O)C4)c4ccccc34)no2)c1. The summed E-state index contributed by atoms with van der Waals surface area (Å²) in [6.45, 7) is 3.82. The minimum atomic E-state index is -0.721. The summed E-state index contributed by atoms with van der Waals surface area (Å²) in [7, 11) is 0. The standard InChI is InChI=1S/C22H19N3O4/c1-13-8-19(28-12-13)21-23-20(24-29-21)18-7-6-14(16-4-2-3-5-17(16)18)9-25-10-15(11-25)22(26)27/h2-8,12,15H,9-11H2,1H3,(H,26,27). The van der Waals surface area contributed by atoms with Crippen LogP contribution in [0.4, 0.5) is 0 Å². The van der Waals surface area contributed by atoms with E-state index in [-0.39, 0.29) is 5.92 Å². The van der Waals surface area contributed by atoms with E-state index in [0.717, 1.165) is 27.5 Å². The van der Waals surface area contributed by atoms with E-state index in [1.807, 2.05) is 37.3 Å². The number of aryl methyl sites for hydroxylation is 1. The molecule has 1 saturated heterocycles. The summed E-state index contributed by atoms with van der Waals surface area (Å²) in [5.41, 5.74) is 3.03. The molecule has 7 heteroatoms. The lowest BCUT2D eigenvalue weighted by molar-refractivity contribution is -0.147. The van der Waals surface area contributed by atoms with E-state index in [4.69, 9.17) is 14.0 Å². The largest absolute Gasteiger partial charge is 0.481 e. The van der Waals surface area contributed by atoms with Crippen LogP contribution in [0.2, 0.25) is 0 Å². The molecule has 1 N–H and O–H groups in total. The Hall–Kier alpha value is -3.45. The van der Waals surface area contributed by atoms with Crippen LogP contribution >= 0.6 is 0 Å². The first-order valence-corrected chi connectivity index (χ1v) is 9.44. The summed E-state index contributed by atoms with van der Waals surface area (Å²) in [6, 6.07) is 14.0. The monoisotopic (exact) mass is 389 g/mol. The Balaban J connectivity index is 1.47. The predicted molar refractivity (Wildman–Crippen MR) is 106 cm³/mol. The molecule has 0 atom stereocenters. The van der Waals surface area contributed by atoms with Crippen LogP contribution in [0.3, 0.4) is 0 Å². The maximum Gasteiger partial charge on any atom is 0.309 e. The lowest BCUT2D eigenvalue weighted by Gasteiger charge is -2.36. The predicted octanol–water partition coefficient (Wildman–Crippen LogP) is 3.97. The maximum atomic E-state index is 11.0. The van der Waals surface area contributed by atoms with Crippen molar-refractivity contribution in [3.63, 3.8) is 0 Å². The molecular weight excluding hydrogens is 370 g/mol. The number of hydrogen-bond donors (Lipinski definition) is 1. The van der Waals surface area contributed by atoms with Crippen LogP contribution < -0.4 is 0 Å². The van der Waals surface area contributed by atoms with Gasteiger partial charge in [-0.3, -0.25) is 9.69 Å². The highest BCUT2D eigenvalue weighted by atomic mass is 16.5. The molecule has 0 spiro atoms. The summed E-state index contributed by atoms with van der Waals surface area (Å²) in [5.74, 6) is 0.422. The van der Waals surface area contributed by atoms with Gasteiger partial charge in [0.1, 0.15) is 0 Å². The molecule has 0 amide bonds. The van der Waals surface area contributed by atoms with Crippen LogP contribution in [0.15, 0.2) is 57.7 Å². The Labute approximate surface area is 166 Å². The van der Waals surface area contributed by atoms with Crippen LogP contribution in [-0.2, 0) is 11.3 Å². The van der Waals surface area contributed by atoms with Gasteiger partial charge in [-0.1, -0.05) is 41.6 Å². The molecule has 7 nitrogen and oxygen atoms in total. The fraction of sp³-hybridized carbons (Fsp3) is 0.227. The fourth-order valence-corrected chi connectivity index (χ4v) is 3.77. The van der Waals surface area contributed by atoms with Gasteiger partial charge in [0.25, 0.3) is 5.89 Å². The number of benzene rings is 2. The molecule has 1 aliphatic rings. The van der Waals surface area contributed by atoms with Gasteiger partial charge in [0.05, 0.1) is 12.2 Å². The van der Waals surface area contributed by atoms with Crippen molar-refractivity contribution in [2.24, 2.45) is 5.92 Å². The van der Waals surface area contributed by atoms with Gasteiger partial charge in [0.15, 0.2) is 5.76 Å². The van der Waals surface area contributed by atoms with Gasteiger partial charge >= 0.3 is 5.97 Å². The molecule has 0 saturated carbocycles. The van der Waals surface area contributed by atoms with E-state index in [1.165, 1.54) is 0 Å². The third-order valence-corrected chi connectivity index (χ3v) is 5.32. The van der Waals surface area contributed by atoms with E-state index in [0.29, 0.717) is 37.1 Å². The van der Waals surface area contributed by atoms with Crippen LogP contribution in [0.25, 0.3) is 33.8 Å². The number of carboxylic acid groups (broad SMARTS) is 1. The molecule has 146 valence electrons. The van der Waals surface area contributed by atoms with Crippen LogP contribution in [-0.4, -0.2) is 39.2 Å². The van der Waals surface area contributed by atoms with Gasteiger partial charge in [-0.05, 0) is 34.9 Å². The Kier molecular flexibility index (Phi) is 4.17. The highest BCUT2D eigenvalue weighted by Gasteiger charge is 2.32. The normalized spacial score (nSPS) is 14.9. The van der Waals surface area contributed by atoms with E-state index >= 15 is 0 Å². The first-order chi connectivity index (χ1) is 14.1. The van der Waals surface area contributed by atoms with E-state index in [2.05, 4.69) is 27.2 Å². The zero-order valence-electron chi connectivity index (χ0n) is 15.8. The number of aromatic nitrogens is 2. The Morgan fingerprint density at radius 3 is 2.72 bits per heavy atom. The molecule has 5 rings (SSSR count). The third kappa shape index (κ3) is 3.19. The molecule has 0 aliphatic carbocycles. The lowest BCUT2D eigenvalue weighted by Crippen LogP contribution is -2.49. The van der Waals surface area contributed by atoms with Gasteiger partial charge in [0, 0.05) is 25.2 Å². The second-order valence-electron chi connectivity index (χ2n) is 7.46. The van der Waals surface area contributed by atoms with Crippen molar-refractivity contribution in [1.82, 2.24) is 15.0 Å². The lowest BCUT2D eigenvalue weighted by atomic mass is 9.95. The molecule has 0 unspecified atom stereocenters. The molecule has 3 heterocycles. The first-order valence-electron chi connectivity index (χ1n) is 9.44. The minimum absolute atomic E-state index is 0.261.